The second kappa shape index (κ2) is 9.38. The normalized spacial score (nSPS) is 12.7. The molecule has 4 rings (SSSR count). The van der Waals surface area contributed by atoms with Gasteiger partial charge in [-0.25, -0.2) is 0 Å². The molecule has 2 heterocycles. The molecule has 0 radical (unpaired) electrons. The number of halogens is 1. The molecule has 2 N–H and O–H groups in total. The van der Waals surface area contributed by atoms with E-state index in [1.165, 1.54) is 0 Å². The maximum Gasteiger partial charge on any atom is 0.265 e. The Morgan fingerprint density at radius 2 is 1.83 bits per heavy atom. The van der Waals surface area contributed by atoms with E-state index < -0.39 is 6.10 Å². The van der Waals surface area contributed by atoms with E-state index in [-0.39, 0.29) is 11.3 Å². The van der Waals surface area contributed by atoms with Gasteiger partial charge in [0.05, 0.1) is 5.69 Å². The van der Waals surface area contributed by atoms with Crippen LogP contribution in [0.4, 0.5) is 5.69 Å². The number of aromatic nitrogens is 4. The molecule has 7 nitrogen and oxygen atoms in total. The van der Waals surface area contributed by atoms with Crippen LogP contribution in [0.15, 0.2) is 36.4 Å². The largest absolute Gasteiger partial charge is 0.481 e. The lowest BCUT2D eigenvalue weighted by molar-refractivity contribution is -0.122. The molecule has 0 saturated carbocycles. The molecule has 4 aromatic rings. The van der Waals surface area contributed by atoms with E-state index in [1.807, 2.05) is 64.1 Å². The Bertz CT molecular complexity index is 1370. The van der Waals surface area contributed by atoms with E-state index >= 15 is 0 Å². The van der Waals surface area contributed by atoms with E-state index in [9.17, 15) is 4.79 Å². The van der Waals surface area contributed by atoms with Gasteiger partial charge < -0.3 is 15.0 Å². The number of nitrogens with zero attached hydrogens (tertiary/aromatic N) is 3. The second-order valence-corrected chi connectivity index (χ2v) is 10.4. The summed E-state index contributed by atoms with van der Waals surface area (Å²) in [7, 11) is 0. The smallest absolute Gasteiger partial charge is 0.265 e. The number of ether oxygens (including phenoxy) is 1. The number of carbonyl (C=O) groups excluding carboxylic acids is 1. The van der Waals surface area contributed by atoms with Crippen LogP contribution in [0.25, 0.3) is 17.0 Å². The molecule has 1 amide bonds. The van der Waals surface area contributed by atoms with Crippen LogP contribution in [0.5, 0.6) is 5.75 Å². The molecular weight excluding hydrogens is 462 g/mol. The van der Waals surface area contributed by atoms with Crippen molar-refractivity contribution >= 4 is 28.8 Å². The van der Waals surface area contributed by atoms with Gasteiger partial charge in [-0.1, -0.05) is 51.4 Å². The first-order chi connectivity index (χ1) is 16.5. The molecular formula is C27H32ClN5O2. The maximum atomic E-state index is 13.0. The monoisotopic (exact) mass is 493 g/mol. The lowest BCUT2D eigenvalue weighted by Crippen LogP contribution is -2.32. The van der Waals surface area contributed by atoms with Crippen LogP contribution < -0.4 is 10.1 Å². The first kappa shape index (κ1) is 24.8. The summed E-state index contributed by atoms with van der Waals surface area (Å²) >= 11 is 6.60. The zero-order chi connectivity index (χ0) is 25.5. The molecule has 2 aromatic heterocycles. The van der Waals surface area contributed by atoms with Crippen molar-refractivity contribution in [3.63, 3.8) is 0 Å². The average molecular weight is 494 g/mol. The van der Waals surface area contributed by atoms with Gasteiger partial charge in [0, 0.05) is 16.7 Å². The molecule has 8 heteroatoms. The van der Waals surface area contributed by atoms with Gasteiger partial charge in [-0.05, 0) is 68.1 Å². The summed E-state index contributed by atoms with van der Waals surface area (Å²) in [6, 6.07) is 11.6. The molecule has 0 aliphatic heterocycles. The molecule has 0 spiro atoms. The number of aryl methyl sites for hydroxylation is 3. The van der Waals surface area contributed by atoms with Gasteiger partial charge >= 0.3 is 0 Å². The SMILES string of the molecule is CCC(Oc1cccc(C)c1)C(=O)Nc1cc(C)c(-c2nn3nc(C(C)(C)C)c(Cl)c3[nH]2)c(C)c1. The minimum absolute atomic E-state index is 0.182. The Hall–Kier alpha value is -3.32. The molecule has 0 saturated heterocycles. The molecule has 35 heavy (non-hydrogen) atoms. The Morgan fingerprint density at radius 3 is 2.40 bits per heavy atom. The van der Waals surface area contributed by atoms with Crippen LogP contribution in [0.2, 0.25) is 5.02 Å². The van der Waals surface area contributed by atoms with Crippen molar-refractivity contribution in [2.75, 3.05) is 5.32 Å². The zero-order valence-electron chi connectivity index (χ0n) is 21.3. The molecule has 2 aromatic carbocycles. The van der Waals surface area contributed by atoms with Crippen molar-refractivity contribution in [1.29, 1.82) is 0 Å². The summed E-state index contributed by atoms with van der Waals surface area (Å²) in [5.41, 5.74) is 5.97. The van der Waals surface area contributed by atoms with Crippen molar-refractivity contribution < 1.29 is 9.53 Å². The number of rotatable bonds is 6. The van der Waals surface area contributed by atoms with Gasteiger partial charge in [-0.3, -0.25) is 4.79 Å². The summed E-state index contributed by atoms with van der Waals surface area (Å²) in [4.78, 5) is 16.3. The molecule has 184 valence electrons. The van der Waals surface area contributed by atoms with E-state index in [0.717, 1.165) is 27.9 Å². The van der Waals surface area contributed by atoms with Crippen molar-refractivity contribution in [3.05, 3.63) is 63.8 Å². The molecule has 0 aliphatic rings. The minimum Gasteiger partial charge on any atom is -0.481 e. The third kappa shape index (κ3) is 5.05. The van der Waals surface area contributed by atoms with Gasteiger partial charge in [0.25, 0.3) is 5.91 Å². The Kier molecular flexibility index (Phi) is 6.64. The second-order valence-electron chi connectivity index (χ2n) is 10.0. The molecule has 1 atom stereocenters. The number of nitrogens with one attached hydrogen (secondary N) is 2. The Labute approximate surface area is 210 Å². The summed E-state index contributed by atoms with van der Waals surface area (Å²) in [5, 5.41) is 12.8. The highest BCUT2D eigenvalue weighted by atomic mass is 35.5. The lowest BCUT2D eigenvalue weighted by Gasteiger charge is -2.18. The highest BCUT2D eigenvalue weighted by molar-refractivity contribution is 6.34. The number of H-pyrrole nitrogens is 1. The maximum absolute atomic E-state index is 13.0. The molecule has 0 aliphatic carbocycles. The van der Waals surface area contributed by atoms with Crippen molar-refractivity contribution in [1.82, 2.24) is 19.8 Å². The number of amides is 1. The van der Waals surface area contributed by atoms with Crippen LogP contribution >= 0.6 is 11.6 Å². The number of carbonyl (C=O) groups is 1. The standard InChI is InChI=1S/C27H32ClN5O2/c1-8-20(35-19-11-9-10-15(2)12-19)26(34)29-18-13-16(3)21(17(4)14-18)24-30-25-22(28)23(27(5,6)7)31-33(25)32-24/h9-14,20H,8H2,1-7H3,(H,29,34)(H,30,32). The summed E-state index contributed by atoms with van der Waals surface area (Å²) in [6.45, 7) is 14.1. The lowest BCUT2D eigenvalue weighted by atomic mass is 9.92. The summed E-state index contributed by atoms with van der Waals surface area (Å²) < 4.78 is 7.51. The number of fused-ring (bicyclic) bond motifs is 1. The highest BCUT2D eigenvalue weighted by Crippen LogP contribution is 2.34. The van der Waals surface area contributed by atoms with Crippen LogP contribution in [-0.2, 0) is 10.2 Å². The zero-order valence-corrected chi connectivity index (χ0v) is 22.0. The van der Waals surface area contributed by atoms with Crippen LogP contribution in [0.1, 0.15) is 56.5 Å². The highest BCUT2D eigenvalue weighted by Gasteiger charge is 2.26. The van der Waals surface area contributed by atoms with E-state index in [2.05, 4.69) is 41.3 Å². The Balaban J connectivity index is 1.57. The van der Waals surface area contributed by atoms with Gasteiger partial charge in [0.15, 0.2) is 17.6 Å². The number of aromatic amines is 1. The fraction of sp³-hybridized carbons (Fsp3) is 0.370. The Morgan fingerprint density at radius 1 is 1.14 bits per heavy atom. The fourth-order valence-electron chi connectivity index (χ4n) is 4.20. The number of anilines is 1. The van der Waals surface area contributed by atoms with Gasteiger partial charge in [0.2, 0.25) is 0 Å². The van der Waals surface area contributed by atoms with E-state index in [1.54, 1.807) is 4.63 Å². The topological polar surface area (TPSA) is 84.3 Å². The third-order valence-electron chi connectivity index (χ3n) is 5.92. The van der Waals surface area contributed by atoms with Crippen molar-refractivity contribution in [2.24, 2.45) is 0 Å². The predicted molar refractivity (Wildman–Crippen MR) is 140 cm³/mol. The first-order valence-electron chi connectivity index (χ1n) is 11.8. The molecule has 0 bridgehead atoms. The number of hydrogen-bond acceptors (Lipinski definition) is 4. The van der Waals surface area contributed by atoms with Crippen LogP contribution in [-0.4, -0.2) is 31.8 Å². The van der Waals surface area contributed by atoms with Gasteiger partial charge in [0.1, 0.15) is 10.8 Å². The van der Waals surface area contributed by atoms with Crippen molar-refractivity contribution in [2.45, 2.75) is 66.4 Å². The van der Waals surface area contributed by atoms with Crippen LogP contribution in [0.3, 0.4) is 0 Å². The van der Waals surface area contributed by atoms with Gasteiger partial charge in [-0.15, -0.1) is 9.73 Å². The molecule has 0 fully saturated rings. The summed E-state index contributed by atoms with van der Waals surface area (Å²) in [6.07, 6.45) is -0.0339. The third-order valence-corrected chi connectivity index (χ3v) is 6.28. The summed E-state index contributed by atoms with van der Waals surface area (Å²) in [5.74, 6) is 1.18. The first-order valence-corrected chi connectivity index (χ1v) is 12.2. The fourth-order valence-corrected chi connectivity index (χ4v) is 4.64. The number of benzene rings is 2. The van der Waals surface area contributed by atoms with Crippen molar-refractivity contribution in [3.8, 4) is 17.1 Å². The average Bonchev–Trinajstić information content (AvgIpc) is 3.30. The van der Waals surface area contributed by atoms with E-state index in [0.29, 0.717) is 34.4 Å². The van der Waals surface area contributed by atoms with Gasteiger partial charge in [-0.2, -0.15) is 5.10 Å². The van der Waals surface area contributed by atoms with E-state index in [4.69, 9.17) is 16.3 Å². The quantitative estimate of drug-likeness (QED) is 0.325. The number of hydrogen-bond donors (Lipinski definition) is 2. The van der Waals surface area contributed by atoms with Crippen LogP contribution in [0, 0.1) is 20.8 Å². The predicted octanol–water partition coefficient (Wildman–Crippen LogP) is 6.40. The minimum atomic E-state index is -0.589. The molecule has 1 unspecified atom stereocenters.